The first-order chi connectivity index (χ1) is 13.0. The molecule has 0 aliphatic rings. The second-order valence-corrected chi connectivity index (χ2v) is 8.09. The summed E-state index contributed by atoms with van der Waals surface area (Å²) in [7, 11) is 0. The normalized spacial score (nSPS) is 11.3. The number of amides is 1. The number of fused-ring (bicyclic) bond motifs is 1. The van der Waals surface area contributed by atoms with Crippen LogP contribution in [0.2, 0.25) is 0 Å². The minimum absolute atomic E-state index is 0.210. The number of hydrogen-bond donors (Lipinski definition) is 1. The average molecular weight is 442 g/mol. The maximum Gasteiger partial charge on any atom is 0.259 e. The lowest BCUT2D eigenvalue weighted by Crippen LogP contribution is -2.12. The zero-order chi connectivity index (χ0) is 19.0. The summed E-state index contributed by atoms with van der Waals surface area (Å²) >= 11 is 4.81. The fourth-order valence-corrected chi connectivity index (χ4v) is 3.67. The van der Waals surface area contributed by atoms with Gasteiger partial charge in [0.1, 0.15) is 0 Å². The molecule has 4 aromatic rings. The molecule has 1 aromatic carbocycles. The van der Waals surface area contributed by atoms with E-state index in [1.165, 1.54) is 11.3 Å². The molecule has 1 N–H and O–H groups in total. The molecule has 0 saturated heterocycles. The van der Waals surface area contributed by atoms with Crippen molar-refractivity contribution in [3.8, 4) is 11.3 Å². The molecule has 1 amide bonds. The van der Waals surface area contributed by atoms with Crippen LogP contribution < -0.4 is 5.32 Å². The van der Waals surface area contributed by atoms with Gasteiger partial charge in [0.05, 0.1) is 17.5 Å². The minimum atomic E-state index is -0.238. The average Bonchev–Trinajstić information content (AvgIpc) is 3.28. The lowest BCUT2D eigenvalue weighted by Gasteiger charge is -2.06. The van der Waals surface area contributed by atoms with E-state index >= 15 is 0 Å². The van der Waals surface area contributed by atoms with Gasteiger partial charge in [0.2, 0.25) is 0 Å². The van der Waals surface area contributed by atoms with E-state index in [2.05, 4.69) is 36.3 Å². The number of nitrogens with zero attached hydrogens (tertiary/aromatic N) is 4. The Morgan fingerprint density at radius 1 is 1.22 bits per heavy atom. The van der Waals surface area contributed by atoms with Crippen LogP contribution in [-0.2, 0) is 0 Å². The zero-order valence-electron chi connectivity index (χ0n) is 14.7. The van der Waals surface area contributed by atoms with Crippen molar-refractivity contribution in [2.24, 2.45) is 0 Å². The van der Waals surface area contributed by atoms with E-state index in [4.69, 9.17) is 0 Å². The molecule has 4 rings (SSSR count). The molecule has 0 atom stereocenters. The van der Waals surface area contributed by atoms with E-state index < -0.39 is 0 Å². The number of pyridine rings is 1. The molecular formula is C19H16BrN5OS. The van der Waals surface area contributed by atoms with Crippen molar-refractivity contribution in [3.05, 3.63) is 58.1 Å². The van der Waals surface area contributed by atoms with Crippen molar-refractivity contribution in [2.75, 3.05) is 5.32 Å². The summed E-state index contributed by atoms with van der Waals surface area (Å²) < 4.78 is 2.85. The number of thiazole rings is 1. The number of carbonyl (C=O) groups is 1. The highest BCUT2D eigenvalue weighted by Crippen LogP contribution is 2.26. The Balaban J connectivity index is 1.54. The third-order valence-electron chi connectivity index (χ3n) is 4.05. The fourth-order valence-electron chi connectivity index (χ4n) is 2.70. The van der Waals surface area contributed by atoms with Crippen molar-refractivity contribution in [3.63, 3.8) is 0 Å². The van der Waals surface area contributed by atoms with Crippen molar-refractivity contribution in [2.45, 2.75) is 19.9 Å². The Kier molecular flexibility index (Phi) is 4.75. The molecule has 0 aliphatic heterocycles. The van der Waals surface area contributed by atoms with Crippen molar-refractivity contribution in [1.82, 2.24) is 19.7 Å². The van der Waals surface area contributed by atoms with E-state index in [9.17, 15) is 4.79 Å². The summed E-state index contributed by atoms with van der Waals surface area (Å²) in [4.78, 5) is 21.5. The zero-order valence-corrected chi connectivity index (χ0v) is 17.1. The highest BCUT2D eigenvalue weighted by atomic mass is 79.9. The highest BCUT2D eigenvalue weighted by Gasteiger charge is 2.13. The molecule has 0 bridgehead atoms. The van der Waals surface area contributed by atoms with Crippen LogP contribution in [0.25, 0.3) is 22.3 Å². The van der Waals surface area contributed by atoms with Gasteiger partial charge in [-0.3, -0.25) is 10.1 Å². The van der Waals surface area contributed by atoms with Crippen LogP contribution in [0.3, 0.4) is 0 Å². The largest absolute Gasteiger partial charge is 0.298 e. The number of hydrogen-bond acceptors (Lipinski definition) is 5. The quantitative estimate of drug-likeness (QED) is 0.475. The van der Waals surface area contributed by atoms with Crippen molar-refractivity contribution < 1.29 is 4.79 Å². The number of aromatic nitrogens is 4. The van der Waals surface area contributed by atoms with Crippen LogP contribution in [0.4, 0.5) is 5.13 Å². The van der Waals surface area contributed by atoms with Crippen LogP contribution >= 0.6 is 27.3 Å². The van der Waals surface area contributed by atoms with E-state index in [0.717, 1.165) is 26.8 Å². The number of benzene rings is 1. The van der Waals surface area contributed by atoms with Gasteiger partial charge in [-0.2, -0.15) is 5.10 Å². The fraction of sp³-hybridized carbons (Fsp3) is 0.158. The van der Waals surface area contributed by atoms with E-state index in [1.807, 2.05) is 48.2 Å². The molecule has 27 heavy (non-hydrogen) atoms. The second kappa shape index (κ2) is 7.21. The number of rotatable bonds is 4. The van der Waals surface area contributed by atoms with E-state index in [0.29, 0.717) is 10.7 Å². The molecule has 0 spiro atoms. The SMILES string of the molecule is CC(C)n1ncc2cc(C(=O)Nc3nc(-c4ccc(Br)cc4)cs3)cnc21. The first-order valence-electron chi connectivity index (χ1n) is 8.37. The summed E-state index contributed by atoms with van der Waals surface area (Å²) in [5.74, 6) is -0.238. The molecular weight excluding hydrogens is 426 g/mol. The number of anilines is 1. The molecule has 0 saturated carbocycles. The highest BCUT2D eigenvalue weighted by molar-refractivity contribution is 9.10. The summed E-state index contributed by atoms with van der Waals surface area (Å²) in [6.45, 7) is 4.08. The topological polar surface area (TPSA) is 72.7 Å². The van der Waals surface area contributed by atoms with Crippen LogP contribution in [0, 0.1) is 0 Å². The first-order valence-corrected chi connectivity index (χ1v) is 10.0. The van der Waals surface area contributed by atoms with Gasteiger partial charge in [-0.25, -0.2) is 14.6 Å². The Morgan fingerprint density at radius 2 is 2.00 bits per heavy atom. The van der Waals surface area contributed by atoms with Gasteiger partial charge in [0.15, 0.2) is 10.8 Å². The van der Waals surface area contributed by atoms with Gasteiger partial charge in [0, 0.05) is 33.0 Å². The number of carbonyl (C=O) groups excluding carboxylic acids is 1. The van der Waals surface area contributed by atoms with Gasteiger partial charge in [0.25, 0.3) is 5.91 Å². The Bertz CT molecular complexity index is 1120. The summed E-state index contributed by atoms with van der Waals surface area (Å²) in [6.07, 6.45) is 3.30. The van der Waals surface area contributed by atoms with Crippen molar-refractivity contribution in [1.29, 1.82) is 0 Å². The van der Waals surface area contributed by atoms with Crippen LogP contribution in [-0.4, -0.2) is 25.7 Å². The van der Waals surface area contributed by atoms with Crippen LogP contribution in [0.1, 0.15) is 30.2 Å². The van der Waals surface area contributed by atoms with Crippen LogP contribution in [0.5, 0.6) is 0 Å². The van der Waals surface area contributed by atoms with E-state index in [1.54, 1.807) is 18.5 Å². The molecule has 3 aromatic heterocycles. The van der Waals surface area contributed by atoms with Crippen molar-refractivity contribution >= 4 is 49.3 Å². The van der Waals surface area contributed by atoms with Gasteiger partial charge in [-0.1, -0.05) is 28.1 Å². The third kappa shape index (κ3) is 3.63. The van der Waals surface area contributed by atoms with E-state index in [-0.39, 0.29) is 11.9 Å². The predicted molar refractivity (Wildman–Crippen MR) is 111 cm³/mol. The first kappa shape index (κ1) is 17.8. The second-order valence-electron chi connectivity index (χ2n) is 6.32. The molecule has 6 nitrogen and oxygen atoms in total. The van der Waals surface area contributed by atoms with Gasteiger partial charge < -0.3 is 0 Å². The summed E-state index contributed by atoms with van der Waals surface area (Å²) in [5, 5.41) is 10.5. The molecule has 8 heteroatoms. The summed E-state index contributed by atoms with van der Waals surface area (Å²) in [5.41, 5.74) is 3.08. The number of halogens is 1. The van der Waals surface area contributed by atoms with Gasteiger partial charge in [-0.15, -0.1) is 11.3 Å². The van der Waals surface area contributed by atoms with Gasteiger partial charge >= 0.3 is 0 Å². The predicted octanol–water partition coefficient (Wildman–Crippen LogP) is 5.15. The Labute approximate surface area is 168 Å². The maximum atomic E-state index is 12.6. The molecule has 3 heterocycles. The maximum absolute atomic E-state index is 12.6. The minimum Gasteiger partial charge on any atom is -0.298 e. The van der Waals surface area contributed by atoms with Gasteiger partial charge in [-0.05, 0) is 32.0 Å². The molecule has 0 radical (unpaired) electrons. The Hall–Kier alpha value is -2.58. The smallest absolute Gasteiger partial charge is 0.259 e. The molecule has 0 fully saturated rings. The Morgan fingerprint density at radius 3 is 2.74 bits per heavy atom. The molecule has 136 valence electrons. The molecule has 0 unspecified atom stereocenters. The summed E-state index contributed by atoms with van der Waals surface area (Å²) in [6, 6.07) is 9.90. The lowest BCUT2D eigenvalue weighted by atomic mass is 10.2. The molecule has 0 aliphatic carbocycles. The van der Waals surface area contributed by atoms with Crippen LogP contribution in [0.15, 0.2) is 52.6 Å². The number of nitrogens with one attached hydrogen (secondary N) is 1. The monoisotopic (exact) mass is 441 g/mol. The lowest BCUT2D eigenvalue weighted by molar-refractivity contribution is 0.102. The third-order valence-corrected chi connectivity index (χ3v) is 5.34. The standard InChI is InChI=1S/C19H16BrN5OS/c1-11(2)25-17-13(9-22-25)7-14(8-21-17)18(26)24-19-23-16(10-27-19)12-3-5-15(20)6-4-12/h3-11H,1-2H3,(H,23,24,26).